The Morgan fingerprint density at radius 1 is 1.00 bits per heavy atom. The highest BCUT2D eigenvalue weighted by Crippen LogP contribution is 2.21. The summed E-state index contributed by atoms with van der Waals surface area (Å²) < 4.78 is 5.44. The Labute approximate surface area is 119 Å². The molecule has 21 heavy (non-hydrogen) atoms. The van der Waals surface area contributed by atoms with Crippen LogP contribution in [0.15, 0.2) is 59.0 Å². The molecule has 0 radical (unpaired) electrons. The number of aromatic carboxylic acids is 1. The highest BCUT2D eigenvalue weighted by atomic mass is 16.4. The number of fused-ring (bicyclic) bond motifs is 1. The van der Waals surface area contributed by atoms with E-state index in [0.29, 0.717) is 5.58 Å². The molecule has 0 spiro atoms. The zero-order valence-corrected chi connectivity index (χ0v) is 10.9. The predicted molar refractivity (Wildman–Crippen MR) is 77.6 cm³/mol. The summed E-state index contributed by atoms with van der Waals surface area (Å²) in [6.07, 6.45) is 0. The molecule has 0 atom stereocenters. The largest absolute Gasteiger partial charge is 0.478 e. The molecular formula is C16H11NO4. The molecule has 1 aromatic heterocycles. The molecule has 0 unspecified atom stereocenters. The molecule has 104 valence electrons. The van der Waals surface area contributed by atoms with Crippen molar-refractivity contribution in [3.05, 3.63) is 65.9 Å². The Bertz CT molecular complexity index is 802. The van der Waals surface area contributed by atoms with Crippen LogP contribution in [0.25, 0.3) is 11.0 Å². The Hall–Kier alpha value is -3.08. The zero-order chi connectivity index (χ0) is 14.8. The molecule has 2 N–H and O–H groups in total. The second kappa shape index (κ2) is 5.13. The molecule has 3 rings (SSSR count). The Balaban J connectivity index is 1.91. The van der Waals surface area contributed by atoms with Crippen molar-refractivity contribution in [1.82, 2.24) is 0 Å². The smallest absolute Gasteiger partial charge is 0.337 e. The van der Waals surface area contributed by atoms with Crippen molar-refractivity contribution in [2.24, 2.45) is 0 Å². The van der Waals surface area contributed by atoms with Gasteiger partial charge in [0.25, 0.3) is 5.91 Å². The molecule has 0 bridgehead atoms. The molecule has 0 fully saturated rings. The van der Waals surface area contributed by atoms with Gasteiger partial charge in [-0.3, -0.25) is 4.79 Å². The average Bonchev–Trinajstić information content (AvgIpc) is 2.91. The van der Waals surface area contributed by atoms with Gasteiger partial charge < -0.3 is 14.8 Å². The minimum absolute atomic E-state index is 0.0296. The lowest BCUT2D eigenvalue weighted by Gasteiger charge is -2.06. The summed E-state index contributed by atoms with van der Waals surface area (Å²) >= 11 is 0. The number of benzene rings is 2. The third kappa shape index (κ3) is 2.49. The van der Waals surface area contributed by atoms with Crippen LogP contribution in [-0.2, 0) is 0 Å². The van der Waals surface area contributed by atoms with Crippen LogP contribution in [0.4, 0.5) is 5.69 Å². The molecule has 0 saturated carbocycles. The van der Waals surface area contributed by atoms with Crippen molar-refractivity contribution < 1.29 is 19.1 Å². The minimum atomic E-state index is -1.10. The van der Waals surface area contributed by atoms with Gasteiger partial charge in [-0.25, -0.2) is 4.79 Å². The number of carboxylic acids is 1. The van der Waals surface area contributed by atoms with Gasteiger partial charge in [0.15, 0.2) is 5.76 Å². The highest BCUT2D eigenvalue weighted by Gasteiger charge is 2.16. The first kappa shape index (κ1) is 12.9. The first-order chi connectivity index (χ1) is 10.1. The number of carbonyl (C=O) groups excluding carboxylic acids is 1. The van der Waals surface area contributed by atoms with E-state index >= 15 is 0 Å². The number of hydrogen-bond donors (Lipinski definition) is 2. The summed E-state index contributed by atoms with van der Waals surface area (Å²) in [5.41, 5.74) is 0.867. The quantitative estimate of drug-likeness (QED) is 0.771. The zero-order valence-electron chi connectivity index (χ0n) is 10.9. The third-order valence-electron chi connectivity index (χ3n) is 3.05. The number of para-hydroxylation sites is 2. The van der Waals surface area contributed by atoms with E-state index in [9.17, 15) is 9.59 Å². The molecule has 0 aliphatic rings. The van der Waals surface area contributed by atoms with E-state index in [1.165, 1.54) is 12.1 Å². The van der Waals surface area contributed by atoms with Crippen molar-refractivity contribution in [3.8, 4) is 0 Å². The number of anilines is 1. The van der Waals surface area contributed by atoms with Crippen LogP contribution >= 0.6 is 0 Å². The van der Waals surface area contributed by atoms with Gasteiger partial charge >= 0.3 is 5.97 Å². The van der Waals surface area contributed by atoms with Crippen LogP contribution in [-0.4, -0.2) is 17.0 Å². The second-order valence-electron chi connectivity index (χ2n) is 4.45. The molecule has 2 aromatic carbocycles. The first-order valence-corrected chi connectivity index (χ1v) is 6.27. The number of amides is 1. The molecule has 3 aromatic rings. The first-order valence-electron chi connectivity index (χ1n) is 6.27. The van der Waals surface area contributed by atoms with Crippen molar-refractivity contribution in [3.63, 3.8) is 0 Å². The maximum absolute atomic E-state index is 12.2. The maximum atomic E-state index is 12.2. The fourth-order valence-corrected chi connectivity index (χ4v) is 2.06. The lowest BCUT2D eigenvalue weighted by molar-refractivity contribution is 0.0698. The van der Waals surface area contributed by atoms with Gasteiger partial charge in [0, 0.05) is 5.39 Å². The van der Waals surface area contributed by atoms with Gasteiger partial charge in [0.2, 0.25) is 0 Å². The summed E-state index contributed by atoms with van der Waals surface area (Å²) in [5, 5.41) is 12.5. The van der Waals surface area contributed by atoms with Crippen molar-refractivity contribution >= 4 is 28.5 Å². The average molecular weight is 281 g/mol. The van der Waals surface area contributed by atoms with E-state index in [1.807, 2.05) is 18.2 Å². The molecule has 1 heterocycles. The predicted octanol–water partition coefficient (Wildman–Crippen LogP) is 3.38. The SMILES string of the molecule is O=C(Nc1ccccc1C(=O)O)c1cc2ccccc2o1. The minimum Gasteiger partial charge on any atom is -0.478 e. The molecule has 5 heteroatoms. The number of hydrogen-bond acceptors (Lipinski definition) is 3. The van der Waals surface area contributed by atoms with E-state index in [2.05, 4.69) is 5.32 Å². The number of rotatable bonds is 3. The van der Waals surface area contributed by atoms with Gasteiger partial charge in [-0.1, -0.05) is 30.3 Å². The van der Waals surface area contributed by atoms with E-state index in [0.717, 1.165) is 5.39 Å². The van der Waals surface area contributed by atoms with Gasteiger partial charge in [-0.05, 0) is 24.3 Å². The van der Waals surface area contributed by atoms with E-state index in [1.54, 1.807) is 24.3 Å². The Kier molecular flexibility index (Phi) is 3.16. The fraction of sp³-hybridized carbons (Fsp3) is 0. The standard InChI is InChI=1S/C16H11NO4/c18-15(14-9-10-5-1-4-8-13(10)21-14)17-12-7-3-2-6-11(12)16(19)20/h1-9H,(H,17,18)(H,19,20). The molecule has 0 saturated heterocycles. The van der Waals surface area contributed by atoms with E-state index in [-0.39, 0.29) is 17.0 Å². The van der Waals surface area contributed by atoms with Crippen LogP contribution in [0.3, 0.4) is 0 Å². The number of carbonyl (C=O) groups is 2. The molecule has 5 nitrogen and oxygen atoms in total. The van der Waals surface area contributed by atoms with Gasteiger partial charge in [0.1, 0.15) is 5.58 Å². The fourth-order valence-electron chi connectivity index (χ4n) is 2.06. The van der Waals surface area contributed by atoms with Crippen LogP contribution in [0, 0.1) is 0 Å². The monoisotopic (exact) mass is 281 g/mol. The molecule has 0 aliphatic carbocycles. The number of furan rings is 1. The van der Waals surface area contributed by atoms with E-state index in [4.69, 9.17) is 9.52 Å². The molecule has 1 amide bonds. The van der Waals surface area contributed by atoms with Crippen LogP contribution in [0.2, 0.25) is 0 Å². The normalized spacial score (nSPS) is 10.5. The summed E-state index contributed by atoms with van der Waals surface area (Å²) in [6.45, 7) is 0. The Morgan fingerprint density at radius 3 is 2.48 bits per heavy atom. The summed E-state index contributed by atoms with van der Waals surface area (Å²) in [5.74, 6) is -1.45. The Morgan fingerprint density at radius 2 is 1.71 bits per heavy atom. The third-order valence-corrected chi connectivity index (χ3v) is 3.05. The summed E-state index contributed by atoms with van der Waals surface area (Å²) in [6, 6.07) is 15.1. The van der Waals surface area contributed by atoms with Crippen LogP contribution < -0.4 is 5.32 Å². The molecule has 0 aliphatic heterocycles. The number of carboxylic acid groups (broad SMARTS) is 1. The van der Waals surface area contributed by atoms with Crippen molar-refractivity contribution in [1.29, 1.82) is 0 Å². The van der Waals surface area contributed by atoms with Crippen molar-refractivity contribution in [2.45, 2.75) is 0 Å². The maximum Gasteiger partial charge on any atom is 0.337 e. The van der Waals surface area contributed by atoms with Crippen LogP contribution in [0.5, 0.6) is 0 Å². The van der Waals surface area contributed by atoms with Gasteiger partial charge in [-0.2, -0.15) is 0 Å². The van der Waals surface area contributed by atoms with Crippen molar-refractivity contribution in [2.75, 3.05) is 5.32 Å². The van der Waals surface area contributed by atoms with Gasteiger partial charge in [-0.15, -0.1) is 0 Å². The lowest BCUT2D eigenvalue weighted by atomic mass is 10.2. The summed E-state index contributed by atoms with van der Waals surface area (Å²) in [4.78, 5) is 23.3. The lowest BCUT2D eigenvalue weighted by Crippen LogP contribution is -2.13. The highest BCUT2D eigenvalue weighted by molar-refractivity contribution is 6.07. The van der Waals surface area contributed by atoms with Crippen LogP contribution in [0.1, 0.15) is 20.9 Å². The molecular weight excluding hydrogens is 270 g/mol. The summed E-state index contributed by atoms with van der Waals surface area (Å²) in [7, 11) is 0. The number of nitrogens with one attached hydrogen (secondary N) is 1. The van der Waals surface area contributed by atoms with Gasteiger partial charge in [0.05, 0.1) is 11.3 Å². The topological polar surface area (TPSA) is 79.5 Å². The second-order valence-corrected chi connectivity index (χ2v) is 4.45. The van der Waals surface area contributed by atoms with E-state index < -0.39 is 11.9 Å².